The third-order valence-electron chi connectivity index (χ3n) is 2.67. The van der Waals surface area contributed by atoms with Gasteiger partial charge in [0.25, 0.3) is 0 Å². The van der Waals surface area contributed by atoms with Crippen molar-refractivity contribution in [3.8, 4) is 0 Å². The van der Waals surface area contributed by atoms with Crippen LogP contribution in [0.3, 0.4) is 0 Å². The van der Waals surface area contributed by atoms with Gasteiger partial charge in [0.1, 0.15) is 0 Å². The molecule has 0 aliphatic carbocycles. The largest absolute Gasteiger partial charge is 0.322 e. The maximum atomic E-state index is 11.5. The molecule has 84 valence electrons. The highest BCUT2D eigenvalue weighted by atomic mass is 16.1. The zero-order valence-electron chi connectivity index (χ0n) is 9.95. The highest BCUT2D eigenvalue weighted by Gasteiger charge is 2.13. The fourth-order valence-electron chi connectivity index (χ4n) is 1.96. The summed E-state index contributed by atoms with van der Waals surface area (Å²) in [5, 5.41) is 0. The molecule has 1 aromatic carbocycles. The highest BCUT2D eigenvalue weighted by molar-refractivity contribution is 5.94. The van der Waals surface area contributed by atoms with Gasteiger partial charge in [-0.05, 0) is 31.0 Å². The number of carbonyl (C=O) groups is 1. The number of rotatable bonds is 3. The van der Waals surface area contributed by atoms with Gasteiger partial charge < -0.3 is 4.57 Å². The lowest BCUT2D eigenvalue weighted by atomic mass is 10.2. The Morgan fingerprint density at radius 1 is 1.44 bits per heavy atom. The lowest BCUT2D eigenvalue weighted by molar-refractivity contribution is 0.1000. The molecule has 0 saturated carbocycles. The summed E-state index contributed by atoms with van der Waals surface area (Å²) in [5.41, 5.74) is 3.14. The maximum absolute atomic E-state index is 11.5. The van der Waals surface area contributed by atoms with Crippen molar-refractivity contribution in [3.05, 3.63) is 29.6 Å². The summed E-state index contributed by atoms with van der Waals surface area (Å²) in [6.45, 7) is 6.55. The summed E-state index contributed by atoms with van der Waals surface area (Å²) in [4.78, 5) is 15.9. The number of hydrogen-bond acceptors (Lipinski definition) is 2. The number of carbonyl (C=O) groups excluding carboxylic acids is 1. The number of imidazole rings is 1. The Morgan fingerprint density at radius 3 is 2.81 bits per heavy atom. The lowest BCUT2D eigenvalue weighted by Crippen LogP contribution is -2.07. The van der Waals surface area contributed by atoms with Gasteiger partial charge in [-0.1, -0.05) is 13.0 Å². The molecule has 3 heteroatoms. The van der Waals surface area contributed by atoms with Crippen LogP contribution in [-0.4, -0.2) is 15.3 Å². The van der Waals surface area contributed by atoms with Crippen molar-refractivity contribution in [2.75, 3.05) is 0 Å². The monoisotopic (exact) mass is 216 g/mol. The standard InChI is InChI=1S/C13H16N2O/c1-4-7-15-12-6-5-9(2)8-11(12)14-13(15)10(3)16/h5-6,8H,4,7H2,1-3H3. The van der Waals surface area contributed by atoms with E-state index in [0.29, 0.717) is 5.82 Å². The van der Waals surface area contributed by atoms with E-state index in [4.69, 9.17) is 0 Å². The molecule has 0 unspecified atom stereocenters. The van der Waals surface area contributed by atoms with E-state index in [1.807, 2.05) is 23.6 Å². The summed E-state index contributed by atoms with van der Waals surface area (Å²) >= 11 is 0. The molecular formula is C13H16N2O. The zero-order valence-corrected chi connectivity index (χ0v) is 9.95. The third kappa shape index (κ3) is 1.73. The molecule has 0 fully saturated rings. The van der Waals surface area contributed by atoms with Gasteiger partial charge in [0.2, 0.25) is 0 Å². The van der Waals surface area contributed by atoms with Crippen molar-refractivity contribution < 1.29 is 4.79 Å². The van der Waals surface area contributed by atoms with E-state index in [2.05, 4.69) is 18.0 Å². The second-order valence-electron chi connectivity index (χ2n) is 4.14. The Labute approximate surface area is 95.1 Å². The van der Waals surface area contributed by atoms with Crippen molar-refractivity contribution in [1.82, 2.24) is 9.55 Å². The Balaban J connectivity index is 2.70. The van der Waals surface area contributed by atoms with Crippen LogP contribution < -0.4 is 0 Å². The Morgan fingerprint density at radius 2 is 2.19 bits per heavy atom. The molecule has 0 aliphatic heterocycles. The molecular weight excluding hydrogens is 200 g/mol. The van der Waals surface area contributed by atoms with Crippen LogP contribution in [0, 0.1) is 6.92 Å². The SMILES string of the molecule is CCCn1c(C(C)=O)nc2cc(C)ccc21. The molecule has 1 aromatic heterocycles. The smallest absolute Gasteiger partial charge is 0.195 e. The van der Waals surface area contributed by atoms with Gasteiger partial charge in [0.05, 0.1) is 11.0 Å². The molecule has 0 aliphatic rings. The van der Waals surface area contributed by atoms with Crippen LogP contribution in [0.5, 0.6) is 0 Å². The lowest BCUT2D eigenvalue weighted by Gasteiger charge is -2.04. The molecule has 0 bridgehead atoms. The Hall–Kier alpha value is -1.64. The summed E-state index contributed by atoms with van der Waals surface area (Å²) < 4.78 is 2.01. The van der Waals surface area contributed by atoms with E-state index in [0.717, 1.165) is 24.0 Å². The van der Waals surface area contributed by atoms with Crippen molar-refractivity contribution in [2.24, 2.45) is 0 Å². The maximum Gasteiger partial charge on any atom is 0.195 e. The summed E-state index contributed by atoms with van der Waals surface area (Å²) in [6, 6.07) is 6.12. The number of Topliss-reactive ketones (excluding diaryl/α,β-unsaturated/α-hetero) is 1. The number of aromatic nitrogens is 2. The average molecular weight is 216 g/mol. The van der Waals surface area contributed by atoms with Crippen LogP contribution >= 0.6 is 0 Å². The summed E-state index contributed by atoms with van der Waals surface area (Å²) in [5.74, 6) is 0.602. The molecule has 0 amide bonds. The normalized spacial score (nSPS) is 10.9. The van der Waals surface area contributed by atoms with Gasteiger partial charge in [-0.2, -0.15) is 0 Å². The van der Waals surface area contributed by atoms with Crippen LogP contribution in [0.1, 0.15) is 36.5 Å². The van der Waals surface area contributed by atoms with Crippen molar-refractivity contribution in [2.45, 2.75) is 33.7 Å². The van der Waals surface area contributed by atoms with Gasteiger partial charge in [-0.25, -0.2) is 4.98 Å². The summed E-state index contributed by atoms with van der Waals surface area (Å²) in [7, 11) is 0. The number of ketones is 1. The topological polar surface area (TPSA) is 34.9 Å². The first kappa shape index (κ1) is 10.9. The molecule has 0 N–H and O–H groups in total. The van der Waals surface area contributed by atoms with E-state index in [1.165, 1.54) is 5.56 Å². The predicted octanol–water partition coefficient (Wildman–Crippen LogP) is 2.96. The van der Waals surface area contributed by atoms with Crippen LogP contribution in [0.15, 0.2) is 18.2 Å². The Kier molecular flexibility index (Phi) is 2.77. The fourth-order valence-corrected chi connectivity index (χ4v) is 1.96. The predicted molar refractivity (Wildman–Crippen MR) is 64.8 cm³/mol. The first-order valence-electron chi connectivity index (χ1n) is 5.61. The number of hydrogen-bond donors (Lipinski definition) is 0. The van der Waals surface area contributed by atoms with E-state index >= 15 is 0 Å². The molecule has 16 heavy (non-hydrogen) atoms. The molecule has 2 rings (SSSR count). The van der Waals surface area contributed by atoms with E-state index in [9.17, 15) is 4.79 Å². The zero-order chi connectivity index (χ0) is 11.7. The summed E-state index contributed by atoms with van der Waals surface area (Å²) in [6.07, 6.45) is 1.000. The van der Waals surface area contributed by atoms with Crippen molar-refractivity contribution >= 4 is 16.8 Å². The highest BCUT2D eigenvalue weighted by Crippen LogP contribution is 2.18. The van der Waals surface area contributed by atoms with Crippen LogP contribution in [0.4, 0.5) is 0 Å². The molecule has 2 aromatic rings. The van der Waals surface area contributed by atoms with E-state index in [-0.39, 0.29) is 5.78 Å². The minimum absolute atomic E-state index is 0.0299. The van der Waals surface area contributed by atoms with E-state index < -0.39 is 0 Å². The van der Waals surface area contributed by atoms with Crippen LogP contribution in [0.25, 0.3) is 11.0 Å². The second-order valence-corrected chi connectivity index (χ2v) is 4.14. The number of benzene rings is 1. The quantitative estimate of drug-likeness (QED) is 0.739. The van der Waals surface area contributed by atoms with Crippen molar-refractivity contribution in [1.29, 1.82) is 0 Å². The Bertz CT molecular complexity index is 540. The molecule has 0 saturated heterocycles. The second kappa shape index (κ2) is 4.08. The van der Waals surface area contributed by atoms with Gasteiger partial charge >= 0.3 is 0 Å². The number of aryl methyl sites for hydroxylation is 2. The molecule has 0 atom stereocenters. The van der Waals surface area contributed by atoms with Gasteiger partial charge in [-0.15, -0.1) is 0 Å². The molecule has 0 radical (unpaired) electrons. The molecule has 0 spiro atoms. The minimum Gasteiger partial charge on any atom is -0.322 e. The average Bonchev–Trinajstić information content (AvgIpc) is 2.57. The van der Waals surface area contributed by atoms with Gasteiger partial charge in [0, 0.05) is 13.5 Å². The van der Waals surface area contributed by atoms with Crippen LogP contribution in [0.2, 0.25) is 0 Å². The third-order valence-corrected chi connectivity index (χ3v) is 2.67. The first-order valence-corrected chi connectivity index (χ1v) is 5.61. The number of fused-ring (bicyclic) bond motifs is 1. The van der Waals surface area contributed by atoms with Gasteiger partial charge in [0.15, 0.2) is 11.6 Å². The van der Waals surface area contributed by atoms with E-state index in [1.54, 1.807) is 6.92 Å². The number of nitrogens with zero attached hydrogens (tertiary/aromatic N) is 2. The van der Waals surface area contributed by atoms with Gasteiger partial charge in [-0.3, -0.25) is 4.79 Å². The first-order chi connectivity index (χ1) is 7.63. The molecule has 3 nitrogen and oxygen atoms in total. The molecule has 1 heterocycles. The van der Waals surface area contributed by atoms with Crippen LogP contribution in [-0.2, 0) is 6.54 Å². The minimum atomic E-state index is 0.0299. The fraction of sp³-hybridized carbons (Fsp3) is 0.385. The van der Waals surface area contributed by atoms with Crippen molar-refractivity contribution in [3.63, 3.8) is 0 Å².